The maximum Gasteiger partial charge on any atom is 0.409 e. The van der Waals surface area contributed by atoms with Gasteiger partial charge in [-0.2, -0.15) is 0 Å². The number of piperazine rings is 1. The first-order valence-corrected chi connectivity index (χ1v) is 9.02. The number of aryl methyl sites for hydroxylation is 2. The van der Waals surface area contributed by atoms with E-state index in [1.165, 1.54) is 4.90 Å². The van der Waals surface area contributed by atoms with Crippen molar-refractivity contribution >= 4 is 23.6 Å². The SMILES string of the molecule is CCOC(=O)N1CCN([C@H]2CC(=O)N(c3ccc(C)cc3C)C2=O)CC1. The third-order valence-corrected chi connectivity index (χ3v) is 5.00. The van der Waals surface area contributed by atoms with Crippen molar-refractivity contribution in [1.29, 1.82) is 0 Å². The van der Waals surface area contributed by atoms with Gasteiger partial charge in [-0.3, -0.25) is 14.5 Å². The molecule has 0 N–H and O–H groups in total. The molecule has 0 bridgehead atoms. The van der Waals surface area contributed by atoms with Gasteiger partial charge >= 0.3 is 6.09 Å². The lowest BCUT2D eigenvalue weighted by atomic mass is 10.1. The van der Waals surface area contributed by atoms with Crippen molar-refractivity contribution in [2.45, 2.75) is 33.2 Å². The van der Waals surface area contributed by atoms with Crippen molar-refractivity contribution < 1.29 is 19.1 Å². The van der Waals surface area contributed by atoms with Crippen molar-refractivity contribution in [2.75, 3.05) is 37.7 Å². The number of benzene rings is 1. The zero-order valence-electron chi connectivity index (χ0n) is 15.5. The van der Waals surface area contributed by atoms with Crippen molar-refractivity contribution in [3.8, 4) is 0 Å². The Bertz CT molecular complexity index is 725. The van der Waals surface area contributed by atoms with Crippen LogP contribution in [0.3, 0.4) is 0 Å². The summed E-state index contributed by atoms with van der Waals surface area (Å²) in [6.07, 6.45) is -0.135. The van der Waals surface area contributed by atoms with Crippen LogP contribution in [0.4, 0.5) is 10.5 Å². The Labute approximate surface area is 153 Å². The summed E-state index contributed by atoms with van der Waals surface area (Å²) in [6.45, 7) is 8.13. The van der Waals surface area contributed by atoms with Crippen LogP contribution in [0.15, 0.2) is 18.2 Å². The largest absolute Gasteiger partial charge is 0.450 e. The minimum absolute atomic E-state index is 0.167. The Morgan fingerprint density at radius 1 is 1.15 bits per heavy atom. The van der Waals surface area contributed by atoms with Crippen LogP contribution in [-0.2, 0) is 14.3 Å². The Morgan fingerprint density at radius 2 is 1.85 bits per heavy atom. The molecule has 140 valence electrons. The van der Waals surface area contributed by atoms with Crippen LogP contribution in [-0.4, -0.2) is 66.5 Å². The molecule has 0 aliphatic carbocycles. The lowest BCUT2D eigenvalue weighted by Gasteiger charge is -2.36. The normalized spacial score (nSPS) is 21.4. The lowest BCUT2D eigenvalue weighted by molar-refractivity contribution is -0.123. The fourth-order valence-electron chi connectivity index (χ4n) is 3.64. The third kappa shape index (κ3) is 3.44. The van der Waals surface area contributed by atoms with Gasteiger partial charge in [-0.05, 0) is 32.4 Å². The van der Waals surface area contributed by atoms with E-state index in [9.17, 15) is 14.4 Å². The third-order valence-electron chi connectivity index (χ3n) is 5.00. The summed E-state index contributed by atoms with van der Waals surface area (Å²) in [7, 11) is 0. The monoisotopic (exact) mass is 359 g/mol. The van der Waals surface area contributed by atoms with Crippen LogP contribution in [0.25, 0.3) is 0 Å². The molecule has 3 amide bonds. The van der Waals surface area contributed by atoms with E-state index >= 15 is 0 Å². The van der Waals surface area contributed by atoms with Gasteiger partial charge in [0.15, 0.2) is 0 Å². The number of carbonyl (C=O) groups is 3. The standard InChI is InChI=1S/C19H25N3O4/c1-4-26-19(25)21-9-7-20(8-10-21)16-12-17(23)22(18(16)24)15-6-5-13(2)11-14(15)3/h5-6,11,16H,4,7-10,12H2,1-3H3/t16-/m0/s1. The van der Waals surface area contributed by atoms with Gasteiger partial charge in [0.2, 0.25) is 5.91 Å². The summed E-state index contributed by atoms with van der Waals surface area (Å²) in [4.78, 5) is 42.2. The topological polar surface area (TPSA) is 70.2 Å². The molecule has 2 heterocycles. The first kappa shape index (κ1) is 18.4. The van der Waals surface area contributed by atoms with Crippen molar-refractivity contribution in [3.05, 3.63) is 29.3 Å². The lowest BCUT2D eigenvalue weighted by Crippen LogP contribution is -2.54. The van der Waals surface area contributed by atoms with Crippen LogP contribution < -0.4 is 4.90 Å². The van der Waals surface area contributed by atoms with E-state index in [4.69, 9.17) is 4.74 Å². The highest BCUT2D eigenvalue weighted by atomic mass is 16.6. The molecule has 2 fully saturated rings. The van der Waals surface area contributed by atoms with Crippen LogP contribution in [0.2, 0.25) is 0 Å². The van der Waals surface area contributed by atoms with E-state index in [-0.39, 0.29) is 24.3 Å². The number of imide groups is 1. The fraction of sp³-hybridized carbons (Fsp3) is 0.526. The average Bonchev–Trinajstić information content (AvgIpc) is 2.90. The molecular weight excluding hydrogens is 334 g/mol. The van der Waals surface area contributed by atoms with Crippen molar-refractivity contribution in [1.82, 2.24) is 9.80 Å². The predicted molar refractivity (Wildman–Crippen MR) is 97.0 cm³/mol. The van der Waals surface area contributed by atoms with Gasteiger partial charge in [0.25, 0.3) is 5.91 Å². The van der Waals surface area contributed by atoms with Gasteiger partial charge in [-0.1, -0.05) is 17.7 Å². The van der Waals surface area contributed by atoms with E-state index in [0.717, 1.165) is 11.1 Å². The summed E-state index contributed by atoms with van der Waals surface area (Å²) < 4.78 is 5.02. The molecule has 0 unspecified atom stereocenters. The zero-order chi connectivity index (χ0) is 18.8. The number of nitrogens with zero attached hydrogens (tertiary/aromatic N) is 3. The maximum absolute atomic E-state index is 12.9. The highest BCUT2D eigenvalue weighted by Crippen LogP contribution is 2.29. The first-order valence-electron chi connectivity index (χ1n) is 9.02. The highest BCUT2D eigenvalue weighted by molar-refractivity contribution is 6.22. The van der Waals surface area contributed by atoms with E-state index < -0.39 is 6.04 Å². The number of hydrogen-bond acceptors (Lipinski definition) is 5. The zero-order valence-corrected chi connectivity index (χ0v) is 15.5. The first-order chi connectivity index (χ1) is 12.4. The van der Waals surface area contributed by atoms with Crippen molar-refractivity contribution in [3.63, 3.8) is 0 Å². The Hall–Kier alpha value is -2.41. The average molecular weight is 359 g/mol. The summed E-state index contributed by atoms with van der Waals surface area (Å²) in [5, 5.41) is 0. The molecule has 0 saturated carbocycles. The molecule has 1 aromatic carbocycles. The maximum atomic E-state index is 12.9. The number of hydrogen-bond donors (Lipinski definition) is 0. The Kier molecular flexibility index (Phi) is 5.27. The van der Waals surface area contributed by atoms with Gasteiger partial charge in [-0.15, -0.1) is 0 Å². The fourth-order valence-corrected chi connectivity index (χ4v) is 3.64. The van der Waals surface area contributed by atoms with E-state index in [2.05, 4.69) is 0 Å². The van der Waals surface area contributed by atoms with Crippen molar-refractivity contribution in [2.24, 2.45) is 0 Å². The number of carbonyl (C=O) groups excluding carboxylic acids is 3. The molecule has 7 nitrogen and oxygen atoms in total. The number of amides is 3. The minimum Gasteiger partial charge on any atom is -0.450 e. The van der Waals surface area contributed by atoms with Gasteiger partial charge < -0.3 is 9.64 Å². The van der Waals surface area contributed by atoms with Gasteiger partial charge in [0, 0.05) is 26.2 Å². The van der Waals surface area contributed by atoms with E-state index in [1.807, 2.05) is 36.9 Å². The number of rotatable bonds is 3. The molecule has 0 spiro atoms. The molecule has 3 rings (SSSR count). The smallest absolute Gasteiger partial charge is 0.409 e. The molecule has 1 aromatic rings. The molecule has 26 heavy (non-hydrogen) atoms. The summed E-state index contributed by atoms with van der Waals surface area (Å²) in [6, 6.07) is 5.27. The van der Waals surface area contributed by atoms with Crippen LogP contribution in [0.1, 0.15) is 24.5 Å². The number of ether oxygens (including phenoxy) is 1. The second kappa shape index (κ2) is 7.45. The Balaban J connectivity index is 1.69. The van der Waals surface area contributed by atoms with Crippen LogP contribution in [0.5, 0.6) is 0 Å². The Morgan fingerprint density at radius 3 is 2.46 bits per heavy atom. The molecule has 2 aliphatic heterocycles. The summed E-state index contributed by atoms with van der Waals surface area (Å²) >= 11 is 0. The minimum atomic E-state index is -0.451. The molecule has 7 heteroatoms. The van der Waals surface area contributed by atoms with E-state index in [1.54, 1.807) is 11.8 Å². The molecule has 2 saturated heterocycles. The van der Waals surface area contributed by atoms with Gasteiger partial charge in [0.05, 0.1) is 24.8 Å². The summed E-state index contributed by atoms with van der Waals surface area (Å²) in [5.74, 6) is -0.341. The van der Waals surface area contributed by atoms with E-state index in [0.29, 0.717) is 38.5 Å². The second-order valence-corrected chi connectivity index (χ2v) is 6.80. The quantitative estimate of drug-likeness (QED) is 0.769. The molecule has 1 atom stereocenters. The summed E-state index contributed by atoms with van der Waals surface area (Å²) in [5.41, 5.74) is 2.68. The molecule has 2 aliphatic rings. The molecule has 0 radical (unpaired) electrons. The number of anilines is 1. The van der Waals surface area contributed by atoms with Gasteiger partial charge in [-0.25, -0.2) is 9.69 Å². The second-order valence-electron chi connectivity index (χ2n) is 6.80. The van der Waals surface area contributed by atoms with Gasteiger partial charge in [0.1, 0.15) is 0 Å². The molecule has 0 aromatic heterocycles. The van der Waals surface area contributed by atoms with Crippen LogP contribution in [0, 0.1) is 13.8 Å². The van der Waals surface area contributed by atoms with Crippen LogP contribution >= 0.6 is 0 Å². The predicted octanol–water partition coefficient (Wildman–Crippen LogP) is 1.71. The molecular formula is C19H25N3O4. The highest BCUT2D eigenvalue weighted by Gasteiger charge is 2.44.